The zero-order valence-electron chi connectivity index (χ0n) is 22.5. The van der Waals surface area contributed by atoms with Crippen LogP contribution in [0.5, 0.6) is 0 Å². The van der Waals surface area contributed by atoms with Gasteiger partial charge in [-0.25, -0.2) is 8.42 Å². The Morgan fingerprint density at radius 1 is 0.842 bits per heavy atom. The van der Waals surface area contributed by atoms with Gasteiger partial charge in [-0.1, -0.05) is 80.1 Å². The van der Waals surface area contributed by atoms with E-state index >= 15 is 0 Å². The number of para-hydroxylation sites is 1. The number of sulfonamides is 1. The monoisotopic (exact) mass is 535 g/mol. The molecule has 0 saturated heterocycles. The van der Waals surface area contributed by atoms with Gasteiger partial charge in [-0.05, 0) is 56.0 Å². The number of carbonyl (C=O) groups excluding carboxylic acids is 2. The van der Waals surface area contributed by atoms with Crippen LogP contribution in [0.1, 0.15) is 31.9 Å². The quantitative estimate of drug-likeness (QED) is 0.372. The Kier molecular flexibility index (Phi) is 10.1. The molecule has 0 radical (unpaired) electrons. The lowest BCUT2D eigenvalue weighted by Crippen LogP contribution is -2.52. The second-order valence-corrected chi connectivity index (χ2v) is 11.7. The summed E-state index contributed by atoms with van der Waals surface area (Å²) in [6.45, 7) is 7.88. The molecule has 0 unspecified atom stereocenters. The van der Waals surface area contributed by atoms with Crippen LogP contribution >= 0.6 is 0 Å². The summed E-state index contributed by atoms with van der Waals surface area (Å²) < 4.78 is 28.6. The molecular weight excluding hydrogens is 498 g/mol. The number of anilines is 1. The van der Waals surface area contributed by atoms with Gasteiger partial charge in [0.15, 0.2) is 0 Å². The first-order valence-corrected chi connectivity index (χ1v) is 14.3. The first-order chi connectivity index (χ1) is 18.1. The van der Waals surface area contributed by atoms with Gasteiger partial charge in [0.2, 0.25) is 11.8 Å². The second-order valence-electron chi connectivity index (χ2n) is 9.80. The molecule has 0 fully saturated rings. The fourth-order valence-electron chi connectivity index (χ4n) is 3.98. The number of hydrogen-bond donors (Lipinski definition) is 1. The number of nitrogens with zero attached hydrogens (tertiary/aromatic N) is 2. The summed E-state index contributed by atoms with van der Waals surface area (Å²) in [4.78, 5) is 28.3. The van der Waals surface area contributed by atoms with E-state index in [0.717, 1.165) is 15.4 Å². The second kappa shape index (κ2) is 13.2. The number of amides is 2. The van der Waals surface area contributed by atoms with Crippen molar-refractivity contribution in [3.05, 3.63) is 96.1 Å². The van der Waals surface area contributed by atoms with Crippen molar-refractivity contribution >= 4 is 27.5 Å². The third-order valence-corrected chi connectivity index (χ3v) is 8.06. The number of hydrogen-bond acceptors (Lipinski definition) is 4. The van der Waals surface area contributed by atoms with Crippen LogP contribution in [0.25, 0.3) is 0 Å². The molecule has 3 aromatic carbocycles. The van der Waals surface area contributed by atoms with Crippen molar-refractivity contribution in [3.63, 3.8) is 0 Å². The van der Waals surface area contributed by atoms with E-state index in [9.17, 15) is 18.0 Å². The zero-order chi connectivity index (χ0) is 27.7. The van der Waals surface area contributed by atoms with Gasteiger partial charge < -0.3 is 10.2 Å². The number of aryl methyl sites for hydroxylation is 1. The molecule has 0 bridgehead atoms. The van der Waals surface area contributed by atoms with Crippen LogP contribution in [0.15, 0.2) is 89.8 Å². The molecule has 3 rings (SSSR count). The van der Waals surface area contributed by atoms with Gasteiger partial charge in [-0.3, -0.25) is 13.9 Å². The number of carbonyl (C=O) groups is 2. The Morgan fingerprint density at radius 3 is 2.00 bits per heavy atom. The van der Waals surface area contributed by atoms with Crippen LogP contribution in [0.3, 0.4) is 0 Å². The van der Waals surface area contributed by atoms with Gasteiger partial charge >= 0.3 is 0 Å². The van der Waals surface area contributed by atoms with Crippen molar-refractivity contribution in [2.75, 3.05) is 23.9 Å². The minimum absolute atomic E-state index is 0.0957. The normalized spacial score (nSPS) is 12.1. The van der Waals surface area contributed by atoms with Gasteiger partial charge in [0.1, 0.15) is 12.6 Å². The highest BCUT2D eigenvalue weighted by atomic mass is 32.2. The first-order valence-electron chi connectivity index (χ1n) is 12.8. The van der Waals surface area contributed by atoms with Crippen LogP contribution in [0, 0.1) is 12.8 Å². The molecular formula is C30H37N3O4S. The van der Waals surface area contributed by atoms with Gasteiger partial charge in [-0.15, -0.1) is 0 Å². The Morgan fingerprint density at radius 2 is 1.42 bits per heavy atom. The number of nitrogens with one attached hydrogen (secondary N) is 1. The molecule has 202 valence electrons. The maximum atomic E-state index is 13.8. The summed E-state index contributed by atoms with van der Waals surface area (Å²) in [6.07, 6.45) is 0.532. The smallest absolute Gasteiger partial charge is 0.264 e. The molecule has 0 spiro atoms. The SMILES string of the molecule is Cc1ccc(S(=O)(=O)N(CC(=O)N(CCc2ccccc2)[C@@H](C)C(=O)NCC(C)C)c2ccccc2)cc1. The fourth-order valence-corrected chi connectivity index (χ4v) is 5.40. The van der Waals surface area contributed by atoms with Crippen molar-refractivity contribution in [2.45, 2.75) is 45.1 Å². The standard InChI is InChI=1S/C30H37N3O4S/c1-23(2)21-31-30(35)25(4)32(20-19-26-11-7-5-8-12-26)29(34)22-33(27-13-9-6-10-14-27)38(36,37)28-17-15-24(3)16-18-28/h5-18,23,25H,19-22H2,1-4H3,(H,31,35)/t25-/m0/s1. The molecule has 1 N–H and O–H groups in total. The van der Waals surface area contributed by atoms with Gasteiger partial charge in [0, 0.05) is 13.1 Å². The van der Waals surface area contributed by atoms with Crippen LogP contribution < -0.4 is 9.62 Å². The minimum atomic E-state index is -4.05. The van der Waals surface area contributed by atoms with E-state index in [1.165, 1.54) is 4.90 Å². The number of rotatable bonds is 12. The topological polar surface area (TPSA) is 86.8 Å². The molecule has 2 amide bonds. The lowest BCUT2D eigenvalue weighted by Gasteiger charge is -2.32. The predicted octanol–water partition coefficient (Wildman–Crippen LogP) is 4.42. The van der Waals surface area contributed by atoms with E-state index in [-0.39, 0.29) is 23.3 Å². The molecule has 0 aromatic heterocycles. The average molecular weight is 536 g/mol. The van der Waals surface area contributed by atoms with E-state index in [1.807, 2.05) is 51.1 Å². The zero-order valence-corrected chi connectivity index (χ0v) is 23.3. The largest absolute Gasteiger partial charge is 0.354 e. The van der Waals surface area contributed by atoms with E-state index < -0.39 is 28.5 Å². The third kappa shape index (κ3) is 7.68. The van der Waals surface area contributed by atoms with Gasteiger partial charge in [0.25, 0.3) is 10.0 Å². The highest BCUT2D eigenvalue weighted by molar-refractivity contribution is 7.92. The lowest BCUT2D eigenvalue weighted by molar-refractivity contribution is -0.138. The predicted molar refractivity (Wildman–Crippen MR) is 151 cm³/mol. The summed E-state index contributed by atoms with van der Waals surface area (Å²) in [6, 6.07) is 24.0. The average Bonchev–Trinajstić information content (AvgIpc) is 2.91. The highest BCUT2D eigenvalue weighted by Crippen LogP contribution is 2.24. The molecule has 8 heteroatoms. The van der Waals surface area contributed by atoms with E-state index in [4.69, 9.17) is 0 Å². The highest BCUT2D eigenvalue weighted by Gasteiger charge is 2.32. The van der Waals surface area contributed by atoms with Crippen molar-refractivity contribution in [3.8, 4) is 0 Å². The Bertz CT molecular complexity index is 1290. The summed E-state index contributed by atoms with van der Waals surface area (Å²) in [5.74, 6) is -0.465. The summed E-state index contributed by atoms with van der Waals surface area (Å²) in [5.41, 5.74) is 2.33. The Labute approximate surface area is 226 Å². The van der Waals surface area contributed by atoms with Crippen molar-refractivity contribution < 1.29 is 18.0 Å². The molecule has 0 aliphatic rings. The molecule has 0 aliphatic carbocycles. The molecule has 38 heavy (non-hydrogen) atoms. The summed E-state index contributed by atoms with van der Waals surface area (Å²) in [5, 5.41) is 2.90. The molecule has 0 heterocycles. The number of benzene rings is 3. The van der Waals surface area contributed by atoms with Crippen molar-refractivity contribution in [1.82, 2.24) is 10.2 Å². The van der Waals surface area contributed by atoms with E-state index in [1.54, 1.807) is 61.5 Å². The molecule has 0 aliphatic heterocycles. The maximum Gasteiger partial charge on any atom is 0.264 e. The Hall–Kier alpha value is -3.65. The van der Waals surface area contributed by atoms with Gasteiger partial charge in [-0.2, -0.15) is 0 Å². The van der Waals surface area contributed by atoms with Crippen LogP contribution in [-0.4, -0.2) is 50.8 Å². The molecule has 1 atom stereocenters. The van der Waals surface area contributed by atoms with Crippen molar-refractivity contribution in [2.24, 2.45) is 5.92 Å². The first kappa shape index (κ1) is 28.9. The summed E-state index contributed by atoms with van der Waals surface area (Å²) >= 11 is 0. The summed E-state index contributed by atoms with van der Waals surface area (Å²) in [7, 11) is -4.05. The molecule has 7 nitrogen and oxygen atoms in total. The third-order valence-electron chi connectivity index (χ3n) is 6.27. The van der Waals surface area contributed by atoms with Crippen LogP contribution in [-0.2, 0) is 26.0 Å². The van der Waals surface area contributed by atoms with Crippen molar-refractivity contribution in [1.29, 1.82) is 0 Å². The molecule has 0 saturated carbocycles. The minimum Gasteiger partial charge on any atom is -0.354 e. The van der Waals surface area contributed by atoms with E-state index in [0.29, 0.717) is 18.7 Å². The molecule has 3 aromatic rings. The maximum absolute atomic E-state index is 13.8. The van der Waals surface area contributed by atoms with Crippen LogP contribution in [0.4, 0.5) is 5.69 Å². The van der Waals surface area contributed by atoms with E-state index in [2.05, 4.69) is 5.32 Å². The Balaban J connectivity index is 1.93. The van der Waals surface area contributed by atoms with Gasteiger partial charge in [0.05, 0.1) is 10.6 Å². The lowest BCUT2D eigenvalue weighted by atomic mass is 10.1. The van der Waals surface area contributed by atoms with Crippen LogP contribution in [0.2, 0.25) is 0 Å². The fraction of sp³-hybridized carbons (Fsp3) is 0.333.